The van der Waals surface area contributed by atoms with Crippen molar-refractivity contribution in [3.8, 4) is 0 Å². The van der Waals surface area contributed by atoms with Crippen molar-refractivity contribution in [1.29, 1.82) is 0 Å². The van der Waals surface area contributed by atoms with E-state index in [2.05, 4.69) is 72.0 Å². The van der Waals surface area contributed by atoms with Gasteiger partial charge in [0.25, 0.3) is 0 Å². The maximum atomic E-state index is 5.50. The fourth-order valence-electron chi connectivity index (χ4n) is 3.14. The van der Waals surface area contributed by atoms with Crippen LogP contribution < -0.4 is 10.6 Å². The molecule has 23 heavy (non-hydrogen) atoms. The lowest BCUT2D eigenvalue weighted by atomic mass is 10.0. The van der Waals surface area contributed by atoms with Crippen molar-refractivity contribution < 1.29 is 0 Å². The first kappa shape index (κ1) is 16.2. The Morgan fingerprint density at radius 2 is 1.83 bits per heavy atom. The van der Waals surface area contributed by atoms with Gasteiger partial charge in [-0.25, -0.2) is 0 Å². The minimum absolute atomic E-state index is 0.200. The van der Waals surface area contributed by atoms with Gasteiger partial charge in [0, 0.05) is 6.04 Å². The number of piperidine rings is 1. The Kier molecular flexibility index (Phi) is 5.13. The van der Waals surface area contributed by atoms with Crippen molar-refractivity contribution in [3.63, 3.8) is 0 Å². The number of fused-ring (bicyclic) bond motifs is 1. The molecule has 122 valence electrons. The summed E-state index contributed by atoms with van der Waals surface area (Å²) in [4.78, 5) is 2.37. The molecule has 3 nitrogen and oxygen atoms in total. The molecule has 0 radical (unpaired) electrons. The lowest BCUT2D eigenvalue weighted by Gasteiger charge is -2.31. The summed E-state index contributed by atoms with van der Waals surface area (Å²) in [6, 6.07) is 15.7. The number of thiocarbonyl (C=S) groups is 1. The summed E-state index contributed by atoms with van der Waals surface area (Å²) in [5, 5.41) is 10.2. The van der Waals surface area contributed by atoms with Crippen LogP contribution in [0.2, 0.25) is 0 Å². The number of benzene rings is 2. The molecular weight excluding hydrogens is 302 g/mol. The van der Waals surface area contributed by atoms with E-state index in [1.165, 1.54) is 16.3 Å². The minimum atomic E-state index is 0.200. The van der Waals surface area contributed by atoms with Gasteiger partial charge in [-0.3, -0.25) is 0 Å². The third kappa shape index (κ3) is 4.21. The van der Waals surface area contributed by atoms with Crippen LogP contribution in [0.1, 0.15) is 31.4 Å². The van der Waals surface area contributed by atoms with Gasteiger partial charge < -0.3 is 15.5 Å². The van der Waals surface area contributed by atoms with Crippen molar-refractivity contribution in [3.05, 3.63) is 48.0 Å². The Labute approximate surface area is 144 Å². The monoisotopic (exact) mass is 327 g/mol. The molecule has 2 N–H and O–H groups in total. The highest BCUT2D eigenvalue weighted by atomic mass is 32.1. The van der Waals surface area contributed by atoms with Crippen LogP contribution in [0.15, 0.2) is 42.5 Å². The van der Waals surface area contributed by atoms with E-state index in [1.54, 1.807) is 0 Å². The van der Waals surface area contributed by atoms with E-state index in [4.69, 9.17) is 12.2 Å². The number of hydrogen-bond donors (Lipinski definition) is 2. The Hall–Kier alpha value is -1.65. The number of nitrogens with zero attached hydrogens (tertiary/aromatic N) is 1. The number of nitrogens with one attached hydrogen (secondary N) is 2. The van der Waals surface area contributed by atoms with E-state index >= 15 is 0 Å². The second-order valence-electron chi connectivity index (χ2n) is 6.52. The van der Waals surface area contributed by atoms with E-state index in [1.807, 2.05) is 0 Å². The zero-order valence-corrected chi connectivity index (χ0v) is 14.7. The molecule has 2 aromatic carbocycles. The maximum absolute atomic E-state index is 5.50. The van der Waals surface area contributed by atoms with Gasteiger partial charge in [-0.15, -0.1) is 0 Å². The molecule has 1 fully saturated rings. The standard InChI is InChI=1S/C19H25N3S/c1-14(16-8-7-15-5-3-4-6-17(15)13-16)20-19(23)21-18-9-11-22(2)12-10-18/h3-8,13-14,18H,9-12H2,1-2H3,(H2,20,21,23)/t14-/m1/s1. The van der Waals surface area contributed by atoms with Gasteiger partial charge in [0.05, 0.1) is 6.04 Å². The zero-order chi connectivity index (χ0) is 16.2. The zero-order valence-electron chi connectivity index (χ0n) is 13.9. The highest BCUT2D eigenvalue weighted by molar-refractivity contribution is 7.80. The lowest BCUT2D eigenvalue weighted by molar-refractivity contribution is 0.246. The quantitative estimate of drug-likeness (QED) is 0.844. The average molecular weight is 327 g/mol. The van der Waals surface area contributed by atoms with Gasteiger partial charge in [0.15, 0.2) is 5.11 Å². The molecule has 0 unspecified atom stereocenters. The molecule has 3 rings (SSSR count). The summed E-state index contributed by atoms with van der Waals surface area (Å²) < 4.78 is 0. The summed E-state index contributed by atoms with van der Waals surface area (Å²) in [7, 11) is 2.18. The molecule has 0 saturated carbocycles. The molecule has 0 spiro atoms. The van der Waals surface area contributed by atoms with Gasteiger partial charge in [-0.1, -0.05) is 36.4 Å². The second-order valence-corrected chi connectivity index (χ2v) is 6.93. The minimum Gasteiger partial charge on any atom is -0.360 e. The average Bonchev–Trinajstić information content (AvgIpc) is 2.56. The number of hydrogen-bond acceptors (Lipinski definition) is 2. The molecule has 0 aliphatic carbocycles. The molecule has 0 bridgehead atoms. The number of rotatable bonds is 3. The van der Waals surface area contributed by atoms with Crippen molar-refractivity contribution >= 4 is 28.1 Å². The molecular formula is C19H25N3S. The van der Waals surface area contributed by atoms with Crippen LogP contribution in [-0.4, -0.2) is 36.2 Å². The lowest BCUT2D eigenvalue weighted by Crippen LogP contribution is -2.47. The molecule has 4 heteroatoms. The van der Waals surface area contributed by atoms with Crippen LogP contribution in [-0.2, 0) is 0 Å². The first-order valence-electron chi connectivity index (χ1n) is 8.36. The Morgan fingerprint density at radius 3 is 2.57 bits per heavy atom. The Morgan fingerprint density at radius 1 is 1.13 bits per heavy atom. The second kappa shape index (κ2) is 7.28. The van der Waals surface area contributed by atoms with Gasteiger partial charge in [0.2, 0.25) is 0 Å². The van der Waals surface area contributed by atoms with Crippen molar-refractivity contribution in [2.45, 2.75) is 31.8 Å². The third-order valence-electron chi connectivity index (χ3n) is 4.67. The van der Waals surface area contributed by atoms with E-state index in [9.17, 15) is 0 Å². The first-order valence-corrected chi connectivity index (χ1v) is 8.77. The highest BCUT2D eigenvalue weighted by Gasteiger charge is 2.17. The van der Waals surface area contributed by atoms with E-state index in [0.29, 0.717) is 6.04 Å². The predicted octanol–water partition coefficient (Wildman–Crippen LogP) is 3.46. The predicted molar refractivity (Wildman–Crippen MR) is 102 cm³/mol. The van der Waals surface area contributed by atoms with E-state index in [-0.39, 0.29) is 6.04 Å². The van der Waals surface area contributed by atoms with Gasteiger partial charge in [0.1, 0.15) is 0 Å². The summed E-state index contributed by atoms with van der Waals surface area (Å²) in [5.41, 5.74) is 1.26. The summed E-state index contributed by atoms with van der Waals surface area (Å²) in [6.45, 7) is 4.44. The molecule has 1 atom stereocenters. The molecule has 1 aliphatic rings. The summed E-state index contributed by atoms with van der Waals surface area (Å²) in [6.07, 6.45) is 2.31. The first-order chi connectivity index (χ1) is 11.1. The van der Waals surface area contributed by atoms with Crippen LogP contribution in [0.25, 0.3) is 10.8 Å². The van der Waals surface area contributed by atoms with Crippen molar-refractivity contribution in [2.75, 3.05) is 20.1 Å². The molecule has 0 amide bonds. The SMILES string of the molecule is C[C@@H](NC(=S)NC1CCN(C)CC1)c1ccc2ccccc2c1. The number of likely N-dealkylation sites (tertiary alicyclic amines) is 1. The van der Waals surface area contributed by atoms with Crippen LogP contribution in [0, 0.1) is 0 Å². The van der Waals surface area contributed by atoms with Crippen LogP contribution >= 0.6 is 12.2 Å². The van der Waals surface area contributed by atoms with Gasteiger partial charge in [-0.2, -0.15) is 0 Å². The van der Waals surface area contributed by atoms with Crippen LogP contribution in [0.5, 0.6) is 0 Å². The van der Waals surface area contributed by atoms with Crippen LogP contribution in [0.3, 0.4) is 0 Å². The van der Waals surface area contributed by atoms with Gasteiger partial charge >= 0.3 is 0 Å². The Bertz CT molecular complexity index is 677. The normalized spacial score (nSPS) is 17.8. The largest absolute Gasteiger partial charge is 0.360 e. The van der Waals surface area contributed by atoms with Gasteiger partial charge in [-0.05, 0) is 74.5 Å². The molecule has 1 aliphatic heterocycles. The van der Waals surface area contributed by atoms with Crippen molar-refractivity contribution in [1.82, 2.24) is 15.5 Å². The molecule has 2 aromatic rings. The molecule has 1 heterocycles. The maximum Gasteiger partial charge on any atom is 0.166 e. The van der Waals surface area contributed by atoms with E-state index < -0.39 is 0 Å². The molecule has 0 aromatic heterocycles. The Balaban J connectivity index is 1.58. The smallest absolute Gasteiger partial charge is 0.166 e. The van der Waals surface area contributed by atoms with E-state index in [0.717, 1.165) is 31.0 Å². The fourth-order valence-corrected chi connectivity index (χ4v) is 3.48. The van der Waals surface area contributed by atoms with Crippen LogP contribution in [0.4, 0.5) is 0 Å². The highest BCUT2D eigenvalue weighted by Crippen LogP contribution is 2.20. The summed E-state index contributed by atoms with van der Waals surface area (Å²) in [5.74, 6) is 0. The topological polar surface area (TPSA) is 27.3 Å². The van der Waals surface area contributed by atoms with Crippen molar-refractivity contribution in [2.24, 2.45) is 0 Å². The third-order valence-corrected chi connectivity index (χ3v) is 4.91. The fraction of sp³-hybridized carbons (Fsp3) is 0.421. The summed E-state index contributed by atoms with van der Waals surface area (Å²) >= 11 is 5.50. The molecule has 1 saturated heterocycles.